The molecule has 8 heteroatoms. The van der Waals surface area contributed by atoms with E-state index >= 15 is 0 Å². The van der Waals surface area contributed by atoms with Crippen LogP contribution >= 0.6 is 0 Å². The third-order valence-electron chi connectivity index (χ3n) is 6.48. The van der Waals surface area contributed by atoms with Crippen LogP contribution in [0.5, 0.6) is 5.75 Å². The van der Waals surface area contributed by atoms with E-state index in [4.69, 9.17) is 4.74 Å². The van der Waals surface area contributed by atoms with E-state index in [9.17, 15) is 13.2 Å². The van der Waals surface area contributed by atoms with E-state index in [2.05, 4.69) is 5.32 Å². The van der Waals surface area contributed by atoms with Crippen LogP contribution in [0.25, 0.3) is 0 Å². The van der Waals surface area contributed by atoms with Crippen LogP contribution in [0.4, 0.5) is 0 Å². The Labute approximate surface area is 187 Å². The van der Waals surface area contributed by atoms with E-state index in [1.165, 1.54) is 10.7 Å². The van der Waals surface area contributed by atoms with E-state index in [1.807, 2.05) is 31.2 Å². The lowest BCUT2D eigenvalue weighted by Crippen LogP contribution is -2.52. The minimum atomic E-state index is -3.53. The number of piperidine rings is 1. The molecule has 0 spiro atoms. The van der Waals surface area contributed by atoms with Gasteiger partial charge in [-0.05, 0) is 56.7 Å². The van der Waals surface area contributed by atoms with Gasteiger partial charge in [-0.1, -0.05) is 31.4 Å². The molecule has 1 atom stereocenters. The summed E-state index contributed by atoms with van der Waals surface area (Å²) in [5.41, 5.74) is 1.13. The van der Waals surface area contributed by atoms with Gasteiger partial charge in [0, 0.05) is 32.7 Å². The molecule has 1 saturated heterocycles. The average molecular weight is 452 g/mol. The fraction of sp³-hybridized carbons (Fsp3) is 0.696. The fourth-order valence-corrected chi connectivity index (χ4v) is 6.25. The monoisotopic (exact) mass is 451 g/mol. The first-order valence-corrected chi connectivity index (χ1v) is 13.0. The van der Waals surface area contributed by atoms with Gasteiger partial charge in [-0.15, -0.1) is 0 Å². The Bertz CT molecular complexity index is 807. The van der Waals surface area contributed by atoms with E-state index in [1.54, 1.807) is 11.4 Å². The minimum Gasteiger partial charge on any atom is -0.494 e. The summed E-state index contributed by atoms with van der Waals surface area (Å²) in [6.07, 6.45) is 7.40. The quantitative estimate of drug-likeness (QED) is 0.626. The third-order valence-corrected chi connectivity index (χ3v) is 8.49. The molecule has 1 amide bonds. The summed E-state index contributed by atoms with van der Waals surface area (Å²) in [6, 6.07) is 7.98. The van der Waals surface area contributed by atoms with E-state index < -0.39 is 10.2 Å². The molecule has 0 radical (unpaired) electrons. The van der Waals surface area contributed by atoms with Crippen molar-refractivity contribution in [2.75, 3.05) is 33.3 Å². The summed E-state index contributed by atoms with van der Waals surface area (Å²) in [6.45, 7) is 3.90. The second-order valence-electron chi connectivity index (χ2n) is 8.63. The van der Waals surface area contributed by atoms with Gasteiger partial charge in [0.25, 0.3) is 10.2 Å². The van der Waals surface area contributed by atoms with Crippen molar-refractivity contribution in [1.29, 1.82) is 0 Å². The van der Waals surface area contributed by atoms with Crippen molar-refractivity contribution in [2.45, 2.75) is 64.3 Å². The van der Waals surface area contributed by atoms with Crippen LogP contribution in [0, 0.1) is 5.92 Å². The zero-order valence-electron chi connectivity index (χ0n) is 18.9. The lowest BCUT2D eigenvalue weighted by molar-refractivity contribution is -0.126. The number of rotatable bonds is 9. The van der Waals surface area contributed by atoms with Crippen LogP contribution in [0.15, 0.2) is 24.3 Å². The zero-order valence-corrected chi connectivity index (χ0v) is 19.7. The molecule has 2 fully saturated rings. The molecule has 1 heterocycles. The lowest BCUT2D eigenvalue weighted by Gasteiger charge is -2.37. The Balaban J connectivity index is 1.49. The highest BCUT2D eigenvalue weighted by Gasteiger charge is 2.37. The first-order chi connectivity index (χ1) is 14.9. The van der Waals surface area contributed by atoms with Gasteiger partial charge in [0.05, 0.1) is 12.5 Å². The number of nitrogens with one attached hydrogen (secondary N) is 1. The fourth-order valence-electron chi connectivity index (χ4n) is 4.57. The summed E-state index contributed by atoms with van der Waals surface area (Å²) in [4.78, 5) is 12.7. The molecular formula is C23H37N3O4S. The topological polar surface area (TPSA) is 79.0 Å². The van der Waals surface area contributed by atoms with Gasteiger partial charge >= 0.3 is 0 Å². The number of amides is 1. The van der Waals surface area contributed by atoms with Crippen molar-refractivity contribution in [3.05, 3.63) is 29.8 Å². The van der Waals surface area contributed by atoms with Crippen molar-refractivity contribution < 1.29 is 17.9 Å². The second-order valence-corrected chi connectivity index (χ2v) is 10.6. The third kappa shape index (κ3) is 6.43. The molecule has 31 heavy (non-hydrogen) atoms. The molecule has 0 aromatic heterocycles. The predicted molar refractivity (Wildman–Crippen MR) is 122 cm³/mol. The number of hydrogen-bond donors (Lipinski definition) is 1. The van der Waals surface area contributed by atoms with Gasteiger partial charge in [-0.3, -0.25) is 4.79 Å². The molecule has 0 bridgehead atoms. The molecule has 7 nitrogen and oxygen atoms in total. The number of benzene rings is 1. The van der Waals surface area contributed by atoms with E-state index in [0.29, 0.717) is 26.1 Å². The summed E-state index contributed by atoms with van der Waals surface area (Å²) < 4.78 is 34.8. The number of carbonyl (C=O) groups excluding carboxylic acids is 1. The molecular weight excluding hydrogens is 414 g/mol. The van der Waals surface area contributed by atoms with Crippen molar-refractivity contribution in [2.24, 2.45) is 5.92 Å². The van der Waals surface area contributed by atoms with Gasteiger partial charge in [-0.2, -0.15) is 17.0 Å². The molecule has 1 aliphatic heterocycles. The van der Waals surface area contributed by atoms with Crippen molar-refractivity contribution in [3.8, 4) is 5.75 Å². The average Bonchev–Trinajstić information content (AvgIpc) is 2.80. The normalized spacial score (nSPS) is 21.2. The van der Waals surface area contributed by atoms with Crippen LogP contribution in [0.1, 0.15) is 57.4 Å². The number of carbonyl (C=O) groups is 1. The van der Waals surface area contributed by atoms with Crippen LogP contribution in [0.3, 0.4) is 0 Å². The lowest BCUT2D eigenvalue weighted by atomic mass is 9.96. The molecule has 1 N–H and O–H groups in total. The number of ether oxygens (including phenoxy) is 1. The van der Waals surface area contributed by atoms with Gasteiger partial charge in [0.1, 0.15) is 5.75 Å². The smallest absolute Gasteiger partial charge is 0.281 e. The highest BCUT2D eigenvalue weighted by atomic mass is 32.2. The van der Waals surface area contributed by atoms with Crippen molar-refractivity contribution in [3.63, 3.8) is 0 Å². The molecule has 174 valence electrons. The molecule has 3 rings (SSSR count). The van der Waals surface area contributed by atoms with Gasteiger partial charge in [0.2, 0.25) is 5.91 Å². The molecule has 0 unspecified atom stereocenters. The SMILES string of the molecule is CCOc1ccc(CCNC(=O)[C@H]2CCCN(S(=O)(=O)N(C)C3CCCCC3)C2)cc1. The standard InChI is InChI=1S/C23H37N3O4S/c1-3-30-22-13-11-19(12-14-22)15-16-24-23(27)20-8-7-17-26(18-20)31(28,29)25(2)21-9-5-4-6-10-21/h11-14,20-21H,3-10,15-18H2,1-2H3,(H,24,27)/t20-/m0/s1. The van der Waals surface area contributed by atoms with Crippen molar-refractivity contribution in [1.82, 2.24) is 13.9 Å². The Morgan fingerprint density at radius 1 is 1.13 bits per heavy atom. The number of nitrogens with zero attached hydrogens (tertiary/aromatic N) is 2. The highest BCUT2D eigenvalue weighted by molar-refractivity contribution is 7.86. The summed E-state index contributed by atoms with van der Waals surface area (Å²) >= 11 is 0. The largest absolute Gasteiger partial charge is 0.494 e. The molecule has 1 saturated carbocycles. The second kappa shape index (κ2) is 11.3. The van der Waals surface area contributed by atoms with Crippen LogP contribution in [-0.4, -0.2) is 62.3 Å². The first kappa shape index (κ1) is 24.0. The van der Waals surface area contributed by atoms with E-state index in [0.717, 1.165) is 49.8 Å². The Hall–Kier alpha value is -1.64. The van der Waals surface area contributed by atoms with Gasteiger partial charge < -0.3 is 10.1 Å². The maximum absolute atomic E-state index is 13.1. The molecule has 1 aliphatic carbocycles. The van der Waals surface area contributed by atoms with Crippen LogP contribution in [0.2, 0.25) is 0 Å². The highest BCUT2D eigenvalue weighted by Crippen LogP contribution is 2.27. The molecule has 1 aromatic rings. The molecule has 1 aromatic carbocycles. The maximum atomic E-state index is 13.1. The van der Waals surface area contributed by atoms with Gasteiger partial charge in [0.15, 0.2) is 0 Å². The zero-order chi connectivity index (χ0) is 22.3. The Morgan fingerprint density at radius 3 is 2.52 bits per heavy atom. The molecule has 2 aliphatic rings. The predicted octanol–water partition coefficient (Wildman–Crippen LogP) is 2.97. The minimum absolute atomic E-state index is 0.0499. The number of hydrogen-bond acceptors (Lipinski definition) is 4. The van der Waals surface area contributed by atoms with Crippen LogP contribution < -0.4 is 10.1 Å². The van der Waals surface area contributed by atoms with E-state index in [-0.39, 0.29) is 24.4 Å². The summed E-state index contributed by atoms with van der Waals surface area (Å²) in [7, 11) is -1.83. The maximum Gasteiger partial charge on any atom is 0.281 e. The summed E-state index contributed by atoms with van der Waals surface area (Å²) in [5.74, 6) is 0.506. The Kier molecular flexibility index (Phi) is 8.75. The first-order valence-electron chi connectivity index (χ1n) is 11.6. The van der Waals surface area contributed by atoms with Crippen molar-refractivity contribution >= 4 is 16.1 Å². The Morgan fingerprint density at radius 2 is 1.84 bits per heavy atom. The van der Waals surface area contributed by atoms with Gasteiger partial charge in [-0.25, -0.2) is 0 Å². The summed E-state index contributed by atoms with van der Waals surface area (Å²) in [5, 5.41) is 3.00. The van der Waals surface area contributed by atoms with Crippen LogP contribution in [-0.2, 0) is 21.4 Å².